The summed E-state index contributed by atoms with van der Waals surface area (Å²) >= 11 is 0. The number of halogens is 1. The number of nitrogens with zero attached hydrogens (tertiary/aromatic N) is 1. The molecule has 2 N–H and O–H groups in total. The lowest BCUT2D eigenvalue weighted by Gasteiger charge is -2.27. The van der Waals surface area contributed by atoms with Crippen LogP contribution >= 0.6 is 12.4 Å². The third-order valence-electron chi connectivity index (χ3n) is 3.43. The predicted molar refractivity (Wildman–Crippen MR) is 78.3 cm³/mol. The van der Waals surface area contributed by atoms with Crippen LogP contribution in [0.2, 0.25) is 0 Å². The Morgan fingerprint density at radius 1 is 1.50 bits per heavy atom. The summed E-state index contributed by atoms with van der Waals surface area (Å²) in [6.07, 6.45) is 3.26. The molecule has 0 aromatic carbocycles. The van der Waals surface area contributed by atoms with Crippen molar-refractivity contribution >= 4 is 18.3 Å². The van der Waals surface area contributed by atoms with Gasteiger partial charge in [0.1, 0.15) is 0 Å². The fourth-order valence-corrected chi connectivity index (χ4v) is 2.24. The van der Waals surface area contributed by atoms with Gasteiger partial charge in [-0.15, -0.1) is 12.4 Å². The average molecular weight is 278 g/mol. The molecule has 1 fully saturated rings. The molecule has 4 nitrogen and oxygen atoms in total. The lowest BCUT2D eigenvalue weighted by atomic mass is 10.2. The highest BCUT2D eigenvalue weighted by Gasteiger charge is 2.23. The van der Waals surface area contributed by atoms with Gasteiger partial charge in [0.15, 0.2) is 0 Å². The maximum Gasteiger partial charge on any atom is 0.234 e. The zero-order chi connectivity index (χ0) is 12.7. The topological polar surface area (TPSA) is 44.4 Å². The lowest BCUT2D eigenvalue weighted by molar-refractivity contribution is -0.123. The first-order valence-corrected chi connectivity index (χ1v) is 6.91. The maximum absolute atomic E-state index is 11.9. The fourth-order valence-electron chi connectivity index (χ4n) is 2.24. The van der Waals surface area contributed by atoms with E-state index < -0.39 is 0 Å². The Hall–Kier alpha value is -0.320. The second-order valence-electron chi connectivity index (χ2n) is 4.99. The third kappa shape index (κ3) is 6.03. The Labute approximate surface area is 117 Å². The van der Waals surface area contributed by atoms with Crippen LogP contribution in [0, 0.1) is 0 Å². The first-order chi connectivity index (χ1) is 8.17. The Bertz CT molecular complexity index is 232. The fraction of sp³-hybridized carbons (Fsp3) is 0.923. The number of nitrogens with one attached hydrogen (secondary N) is 2. The van der Waals surface area contributed by atoms with Crippen LogP contribution in [-0.2, 0) is 4.79 Å². The molecule has 1 saturated heterocycles. The summed E-state index contributed by atoms with van der Waals surface area (Å²) in [5.74, 6) is 0.166. The minimum atomic E-state index is 0. The number of hydrogen-bond donors (Lipinski definition) is 2. The van der Waals surface area contributed by atoms with Crippen molar-refractivity contribution in [2.75, 3.05) is 26.2 Å². The Morgan fingerprint density at radius 3 is 2.72 bits per heavy atom. The summed E-state index contributed by atoms with van der Waals surface area (Å²) in [5, 5.41) is 6.40. The van der Waals surface area contributed by atoms with Crippen LogP contribution in [0.4, 0.5) is 0 Å². The molecule has 1 amide bonds. The van der Waals surface area contributed by atoms with Crippen LogP contribution in [0.5, 0.6) is 0 Å². The van der Waals surface area contributed by atoms with E-state index in [1.807, 2.05) is 0 Å². The number of carbonyl (C=O) groups excluding carboxylic acids is 1. The zero-order valence-corrected chi connectivity index (χ0v) is 12.7. The van der Waals surface area contributed by atoms with Crippen LogP contribution in [0.3, 0.4) is 0 Å². The van der Waals surface area contributed by atoms with Crippen molar-refractivity contribution < 1.29 is 4.79 Å². The van der Waals surface area contributed by atoms with Gasteiger partial charge in [0.05, 0.1) is 6.54 Å². The van der Waals surface area contributed by atoms with Gasteiger partial charge in [-0.05, 0) is 39.3 Å². The number of hydrogen-bond acceptors (Lipinski definition) is 3. The largest absolute Gasteiger partial charge is 0.353 e. The normalized spacial score (nSPS) is 20.6. The standard InChI is InChI=1S/C13H27N3O.ClH/c1-4-8-16(12-6-7-14-9-12)10-13(17)15-11(3)5-2;/h11-12,14H,4-10H2,1-3H3,(H,15,17);1H. The van der Waals surface area contributed by atoms with Crippen LogP contribution in [0.25, 0.3) is 0 Å². The number of rotatable bonds is 7. The van der Waals surface area contributed by atoms with E-state index in [0.717, 1.165) is 38.9 Å². The molecule has 0 aliphatic carbocycles. The summed E-state index contributed by atoms with van der Waals surface area (Å²) in [7, 11) is 0. The zero-order valence-electron chi connectivity index (χ0n) is 11.9. The van der Waals surface area contributed by atoms with Crippen molar-refractivity contribution in [1.29, 1.82) is 0 Å². The highest BCUT2D eigenvalue weighted by molar-refractivity contribution is 5.85. The molecule has 1 aliphatic rings. The van der Waals surface area contributed by atoms with Gasteiger partial charge in [0, 0.05) is 18.6 Å². The Kier molecular flexibility index (Phi) is 9.42. The van der Waals surface area contributed by atoms with E-state index in [4.69, 9.17) is 0 Å². The minimum absolute atomic E-state index is 0. The first-order valence-electron chi connectivity index (χ1n) is 6.91. The van der Waals surface area contributed by atoms with Crippen molar-refractivity contribution in [2.45, 2.75) is 52.1 Å². The number of carbonyl (C=O) groups is 1. The van der Waals surface area contributed by atoms with Crippen molar-refractivity contribution in [3.8, 4) is 0 Å². The maximum atomic E-state index is 11.9. The molecule has 2 unspecified atom stereocenters. The van der Waals surface area contributed by atoms with Crippen LogP contribution in [-0.4, -0.2) is 49.1 Å². The van der Waals surface area contributed by atoms with Crippen LogP contribution in [0.15, 0.2) is 0 Å². The van der Waals surface area contributed by atoms with E-state index in [2.05, 4.69) is 36.3 Å². The second-order valence-corrected chi connectivity index (χ2v) is 4.99. The van der Waals surface area contributed by atoms with E-state index in [9.17, 15) is 4.79 Å². The van der Waals surface area contributed by atoms with Gasteiger partial charge in [-0.1, -0.05) is 13.8 Å². The molecule has 2 atom stereocenters. The Morgan fingerprint density at radius 2 is 2.22 bits per heavy atom. The first kappa shape index (κ1) is 17.7. The smallest absolute Gasteiger partial charge is 0.234 e. The molecule has 0 aromatic rings. The molecule has 1 heterocycles. The molecule has 108 valence electrons. The van der Waals surface area contributed by atoms with Crippen molar-refractivity contribution in [2.24, 2.45) is 0 Å². The van der Waals surface area contributed by atoms with Gasteiger partial charge in [-0.3, -0.25) is 9.69 Å². The van der Waals surface area contributed by atoms with E-state index >= 15 is 0 Å². The predicted octanol–water partition coefficient (Wildman–Crippen LogP) is 1.40. The van der Waals surface area contributed by atoms with Gasteiger partial charge in [0.25, 0.3) is 0 Å². The molecule has 0 spiro atoms. The summed E-state index contributed by atoms with van der Waals surface area (Å²) in [5.41, 5.74) is 0. The molecule has 1 rings (SSSR count). The van der Waals surface area contributed by atoms with Crippen LogP contribution in [0.1, 0.15) is 40.0 Å². The molecule has 0 aromatic heterocycles. The van der Waals surface area contributed by atoms with E-state index in [1.165, 1.54) is 0 Å². The van der Waals surface area contributed by atoms with Crippen LogP contribution < -0.4 is 10.6 Å². The molecule has 5 heteroatoms. The van der Waals surface area contributed by atoms with Gasteiger partial charge >= 0.3 is 0 Å². The third-order valence-corrected chi connectivity index (χ3v) is 3.43. The summed E-state index contributed by atoms with van der Waals surface area (Å²) in [4.78, 5) is 14.2. The molecule has 1 aliphatic heterocycles. The summed E-state index contributed by atoms with van der Waals surface area (Å²) in [6.45, 7) is 9.98. The van der Waals surface area contributed by atoms with Gasteiger partial charge in [-0.2, -0.15) is 0 Å². The summed E-state index contributed by atoms with van der Waals surface area (Å²) in [6, 6.07) is 0.824. The molecule has 18 heavy (non-hydrogen) atoms. The minimum Gasteiger partial charge on any atom is -0.353 e. The van der Waals surface area contributed by atoms with Gasteiger partial charge < -0.3 is 10.6 Å². The molecule has 0 bridgehead atoms. The van der Waals surface area contributed by atoms with Gasteiger partial charge in [-0.25, -0.2) is 0 Å². The molecule has 0 radical (unpaired) electrons. The van der Waals surface area contributed by atoms with Crippen molar-refractivity contribution in [3.63, 3.8) is 0 Å². The van der Waals surface area contributed by atoms with Crippen molar-refractivity contribution in [3.05, 3.63) is 0 Å². The van der Waals surface area contributed by atoms with Crippen molar-refractivity contribution in [1.82, 2.24) is 15.5 Å². The lowest BCUT2D eigenvalue weighted by Crippen LogP contribution is -2.46. The van der Waals surface area contributed by atoms with Gasteiger partial charge in [0.2, 0.25) is 5.91 Å². The number of amides is 1. The van der Waals surface area contributed by atoms with E-state index in [1.54, 1.807) is 0 Å². The highest BCUT2D eigenvalue weighted by atomic mass is 35.5. The second kappa shape index (κ2) is 9.59. The highest BCUT2D eigenvalue weighted by Crippen LogP contribution is 2.08. The monoisotopic (exact) mass is 277 g/mol. The quantitative estimate of drug-likeness (QED) is 0.739. The van der Waals surface area contributed by atoms with E-state index in [-0.39, 0.29) is 24.4 Å². The summed E-state index contributed by atoms with van der Waals surface area (Å²) < 4.78 is 0. The Balaban J connectivity index is 0.00000289. The van der Waals surface area contributed by atoms with E-state index in [0.29, 0.717) is 12.6 Å². The molecule has 0 saturated carbocycles. The SMILES string of the molecule is CCCN(CC(=O)NC(C)CC)C1CCNC1.Cl. The average Bonchev–Trinajstić information content (AvgIpc) is 2.81. The molecular weight excluding hydrogens is 250 g/mol. The molecular formula is C13H28ClN3O.